The van der Waals surface area contributed by atoms with E-state index in [1.807, 2.05) is 0 Å². The van der Waals surface area contributed by atoms with Crippen LogP contribution in [-0.4, -0.2) is 0 Å². The van der Waals surface area contributed by atoms with Crippen LogP contribution in [-0.2, 0) is 0 Å². The smallest absolute Gasteiger partial charge is 0.0696 e. The van der Waals surface area contributed by atoms with Gasteiger partial charge in [-0.05, 0) is 20.7 Å². The molecule has 1 nitrogen and oxygen atoms in total. The molecule has 0 amide bonds. The summed E-state index contributed by atoms with van der Waals surface area (Å²) in [4.78, 5) is 0. The molecule has 3 heteroatoms. The van der Waals surface area contributed by atoms with Gasteiger partial charge in [0.05, 0.1) is 8.02 Å². The number of nitrogens with zero attached hydrogens (tertiary/aromatic N) is 1. The van der Waals surface area contributed by atoms with E-state index in [1.165, 1.54) is 80.1 Å². The topological polar surface area (TPSA) is 14.1 Å². The summed E-state index contributed by atoms with van der Waals surface area (Å²) >= 11 is 0. The summed E-state index contributed by atoms with van der Waals surface area (Å²) in [6, 6.07) is 0. The second kappa shape index (κ2) is 10.3. The van der Waals surface area contributed by atoms with Gasteiger partial charge in [-0.3, -0.25) is 0 Å². The maximum absolute atomic E-state index is 4.22. The summed E-state index contributed by atoms with van der Waals surface area (Å²) in [5.74, 6) is 0. The summed E-state index contributed by atoms with van der Waals surface area (Å²) in [5.41, 5.74) is 0. The highest BCUT2D eigenvalue weighted by Crippen LogP contribution is 2.33. The van der Waals surface area contributed by atoms with Crippen LogP contribution in [0.4, 0.5) is 0 Å². The third-order valence-corrected chi connectivity index (χ3v) is 5.22. The maximum atomic E-state index is 4.22. The largest absolute Gasteiger partial charge is 0.230 e. The van der Waals surface area contributed by atoms with Crippen LogP contribution in [0.1, 0.15) is 71.1 Å². The second-order valence-electron chi connectivity index (χ2n) is 4.50. The lowest BCUT2D eigenvalue weighted by atomic mass is 10.1. The van der Waals surface area contributed by atoms with E-state index in [9.17, 15) is 0 Å². The van der Waals surface area contributed by atoms with E-state index >= 15 is 0 Å². The molecule has 0 N–H and O–H groups in total. The van der Waals surface area contributed by atoms with Gasteiger partial charge in [-0.15, -0.1) is 0 Å². The maximum Gasteiger partial charge on any atom is 0.0696 e. The molecule has 0 atom stereocenters. The number of hydrogen-bond donors (Lipinski definition) is 0. The summed E-state index contributed by atoms with van der Waals surface area (Å²) in [6.07, 6.45) is 16.2. The van der Waals surface area contributed by atoms with E-state index < -0.39 is 0 Å². The molecule has 0 fully saturated rings. The Morgan fingerprint density at radius 1 is 0.938 bits per heavy atom. The van der Waals surface area contributed by atoms with Gasteiger partial charge in [-0.2, -0.15) is 0 Å². The minimum Gasteiger partial charge on any atom is -0.230 e. The molecule has 16 heavy (non-hydrogen) atoms. The number of rotatable bonds is 10. The fraction of sp³-hybridized carbons (Fsp3) is 0.846. The van der Waals surface area contributed by atoms with Crippen molar-refractivity contribution in [1.82, 2.24) is 5.09 Å². The summed E-state index contributed by atoms with van der Waals surface area (Å²) in [6.45, 7) is 2.28. The van der Waals surface area contributed by atoms with Crippen molar-refractivity contribution in [3.63, 3.8) is 0 Å². The molecule has 0 aromatic rings. The van der Waals surface area contributed by atoms with Crippen LogP contribution < -0.4 is 5.09 Å². The van der Waals surface area contributed by atoms with E-state index in [1.54, 1.807) is 5.31 Å². The van der Waals surface area contributed by atoms with Crippen LogP contribution in [0.15, 0.2) is 11.5 Å². The van der Waals surface area contributed by atoms with Gasteiger partial charge in [0.25, 0.3) is 0 Å². The minimum atomic E-state index is 1.24. The van der Waals surface area contributed by atoms with E-state index in [0.29, 0.717) is 0 Å². The van der Waals surface area contributed by atoms with Crippen molar-refractivity contribution in [2.24, 2.45) is 0 Å². The molecule has 0 saturated heterocycles. The summed E-state index contributed by atoms with van der Waals surface area (Å²) in [5, 5.41) is 5.77. The molecule has 0 saturated carbocycles. The minimum absolute atomic E-state index is 1.24. The zero-order chi connectivity index (χ0) is 11.5. The van der Waals surface area contributed by atoms with Gasteiger partial charge >= 0.3 is 0 Å². The highest BCUT2D eigenvalue weighted by molar-refractivity contribution is 7.85. The van der Waals surface area contributed by atoms with Gasteiger partial charge in [0.1, 0.15) is 0 Å². The van der Waals surface area contributed by atoms with Gasteiger partial charge in [0, 0.05) is 11.5 Å². The summed E-state index contributed by atoms with van der Waals surface area (Å²) < 4.78 is 0. The Hall–Kier alpha value is 0.140. The fourth-order valence-corrected chi connectivity index (χ4v) is 3.86. The Morgan fingerprint density at radius 2 is 1.56 bits per heavy atom. The zero-order valence-electron chi connectivity index (χ0n) is 10.5. The Morgan fingerprint density at radius 3 is 2.12 bits per heavy atom. The normalized spacial score (nSPS) is 15.9. The monoisotopic (exact) mass is 256 g/mol. The molecule has 91 valence electrons. The molecule has 0 unspecified atom stereocenters. The number of unbranched alkanes of at least 4 members (excludes halogenated alkanes) is 8. The van der Waals surface area contributed by atoms with Crippen molar-refractivity contribution < 1.29 is 0 Å². The van der Waals surface area contributed by atoms with Crippen LogP contribution in [0, 0.1) is 0 Å². The van der Waals surface area contributed by atoms with Gasteiger partial charge < -0.3 is 0 Å². The van der Waals surface area contributed by atoms with Crippen molar-refractivity contribution >= 4 is 15.9 Å². The predicted molar refractivity (Wildman–Crippen MR) is 75.9 cm³/mol. The van der Waals surface area contributed by atoms with Crippen LogP contribution >= 0.6 is 15.9 Å². The molecule has 0 spiro atoms. The van der Waals surface area contributed by atoms with Gasteiger partial charge in [-0.1, -0.05) is 58.3 Å². The van der Waals surface area contributed by atoms with Crippen LogP contribution in [0.25, 0.3) is 0 Å². The zero-order valence-corrected chi connectivity index (χ0v) is 12.3. The Labute approximate surface area is 104 Å². The van der Waals surface area contributed by atoms with E-state index in [4.69, 9.17) is 0 Å². The number of allylic oxidation sites excluding steroid dienone is 1. The van der Waals surface area contributed by atoms with Gasteiger partial charge in [0.15, 0.2) is 0 Å². The average molecular weight is 256 g/mol. The molecule has 1 heterocycles. The third kappa shape index (κ3) is 7.42. The van der Waals surface area contributed by atoms with Crippen LogP contribution in [0.3, 0.4) is 0 Å². The molecule has 0 aliphatic carbocycles. The first-order chi connectivity index (χ1) is 7.93. The highest BCUT2D eigenvalue weighted by Gasteiger charge is 1.99. The van der Waals surface area contributed by atoms with Gasteiger partial charge in [-0.25, -0.2) is 5.09 Å². The van der Waals surface area contributed by atoms with Crippen molar-refractivity contribution in [3.8, 4) is 0 Å². The first-order valence-electron chi connectivity index (χ1n) is 6.73. The summed E-state index contributed by atoms with van der Waals surface area (Å²) in [7, 11) is 2.67. The molecule has 1 rings (SSSR count). The highest BCUT2D eigenvalue weighted by atomic mass is 31.7. The molecule has 0 bridgehead atoms. The lowest BCUT2D eigenvalue weighted by molar-refractivity contribution is 0.566. The molecule has 1 aliphatic rings. The van der Waals surface area contributed by atoms with Crippen LogP contribution in [0.2, 0.25) is 0 Å². The predicted octanol–water partition coefficient (Wildman–Crippen LogP) is 6.09. The second-order valence-corrected chi connectivity index (χ2v) is 6.82. The van der Waals surface area contributed by atoms with Crippen LogP contribution in [0.5, 0.6) is 0 Å². The lowest BCUT2D eigenvalue weighted by Gasteiger charge is -2.01. The molecule has 0 aromatic carbocycles. The quantitative estimate of drug-likeness (QED) is 0.332. The fourth-order valence-electron chi connectivity index (χ4n) is 1.93. The van der Waals surface area contributed by atoms with Gasteiger partial charge in [0.2, 0.25) is 0 Å². The molecule has 0 aromatic heterocycles. The lowest BCUT2D eigenvalue weighted by Crippen LogP contribution is -1.82. The average Bonchev–Trinajstić information content (AvgIpc) is 2.80. The molecule has 1 aliphatic heterocycles. The number of hydrogen-bond acceptors (Lipinski definition) is 0. The first-order valence-corrected chi connectivity index (χ1v) is 9.18. The van der Waals surface area contributed by atoms with E-state index in [0.717, 1.165) is 0 Å². The van der Waals surface area contributed by atoms with Crippen molar-refractivity contribution in [3.05, 3.63) is 11.5 Å². The molecule has 1 radical (unpaired) electrons. The Balaban J connectivity index is 1.76. The SMILES string of the molecule is CCCCCCCCCCCC1=C[N]P=P1. The standard InChI is InChI=1S/C13H24NP2/c1-2-3-4-5-6-7-8-9-10-11-13-12-14-16-15-13/h12H,2-11H2,1H3. The molecular formula is C13H24NP2. The van der Waals surface area contributed by atoms with Crippen molar-refractivity contribution in [1.29, 1.82) is 0 Å². The van der Waals surface area contributed by atoms with Crippen molar-refractivity contribution in [2.75, 3.05) is 0 Å². The third-order valence-electron chi connectivity index (χ3n) is 2.97. The van der Waals surface area contributed by atoms with Crippen molar-refractivity contribution in [2.45, 2.75) is 71.1 Å². The first kappa shape index (κ1) is 14.2. The molecular weight excluding hydrogens is 232 g/mol. The Kier molecular flexibility index (Phi) is 9.15. The van der Waals surface area contributed by atoms with E-state index in [2.05, 4.69) is 18.2 Å². The Bertz CT molecular complexity index is 224. The van der Waals surface area contributed by atoms with E-state index in [-0.39, 0.29) is 0 Å².